The van der Waals surface area contributed by atoms with Gasteiger partial charge in [0.1, 0.15) is 11.6 Å². The largest absolute Gasteiger partial charge is 0.494 e. The summed E-state index contributed by atoms with van der Waals surface area (Å²) in [6.45, 7) is 2.47. The van der Waals surface area contributed by atoms with E-state index in [1.807, 2.05) is 6.92 Å². The second kappa shape index (κ2) is 8.58. The molecule has 7 nitrogen and oxygen atoms in total. The number of nitrogens with one attached hydrogen (secondary N) is 2. The summed E-state index contributed by atoms with van der Waals surface area (Å²) in [4.78, 5) is 24.8. The summed E-state index contributed by atoms with van der Waals surface area (Å²) in [6.07, 6.45) is 0. The van der Waals surface area contributed by atoms with E-state index in [4.69, 9.17) is 16.3 Å². The standard InChI is InChI=1S/C20H19ClN4O3/c1-3-28-14-10-8-13(9-11-14)22-20(27)17-12-18(25(2)24-17)23-19(26)15-6-4-5-7-16(15)21/h4-12H,3H2,1-2H3,(H,22,27)(H,23,26). The molecule has 3 aromatic rings. The highest BCUT2D eigenvalue weighted by molar-refractivity contribution is 6.34. The van der Waals surface area contributed by atoms with E-state index in [0.29, 0.717) is 28.7 Å². The quantitative estimate of drug-likeness (QED) is 0.657. The number of hydrogen-bond acceptors (Lipinski definition) is 4. The molecule has 2 amide bonds. The van der Waals surface area contributed by atoms with Crippen molar-refractivity contribution < 1.29 is 14.3 Å². The number of aryl methyl sites for hydroxylation is 1. The first-order chi connectivity index (χ1) is 13.5. The van der Waals surface area contributed by atoms with Gasteiger partial charge >= 0.3 is 0 Å². The van der Waals surface area contributed by atoms with Crippen LogP contribution in [0.25, 0.3) is 0 Å². The van der Waals surface area contributed by atoms with Gasteiger partial charge in [0.25, 0.3) is 11.8 Å². The van der Waals surface area contributed by atoms with E-state index < -0.39 is 5.91 Å². The Balaban J connectivity index is 1.70. The molecule has 0 saturated heterocycles. The molecular weight excluding hydrogens is 380 g/mol. The number of benzene rings is 2. The van der Waals surface area contributed by atoms with Crippen molar-refractivity contribution in [3.8, 4) is 5.75 Å². The van der Waals surface area contributed by atoms with E-state index in [-0.39, 0.29) is 11.6 Å². The second-order valence-electron chi connectivity index (χ2n) is 5.88. The molecule has 0 atom stereocenters. The number of rotatable bonds is 6. The number of anilines is 2. The lowest BCUT2D eigenvalue weighted by Crippen LogP contribution is -2.14. The van der Waals surface area contributed by atoms with Crippen LogP contribution in [0.1, 0.15) is 27.8 Å². The van der Waals surface area contributed by atoms with E-state index in [1.54, 1.807) is 55.6 Å². The van der Waals surface area contributed by atoms with Gasteiger partial charge in [-0.1, -0.05) is 23.7 Å². The Bertz CT molecular complexity index is 999. The topological polar surface area (TPSA) is 85.3 Å². The van der Waals surface area contributed by atoms with E-state index in [1.165, 1.54) is 10.7 Å². The third-order valence-electron chi connectivity index (χ3n) is 3.90. The molecule has 0 aliphatic carbocycles. The van der Waals surface area contributed by atoms with Crippen molar-refractivity contribution in [1.82, 2.24) is 9.78 Å². The smallest absolute Gasteiger partial charge is 0.276 e. The Morgan fingerprint density at radius 1 is 1.07 bits per heavy atom. The molecule has 2 aromatic carbocycles. The molecule has 0 radical (unpaired) electrons. The molecule has 3 rings (SSSR count). The zero-order chi connectivity index (χ0) is 20.1. The minimum atomic E-state index is -0.391. The predicted octanol–water partition coefficient (Wildman–Crippen LogP) is 3.98. The van der Waals surface area contributed by atoms with Crippen LogP contribution in [-0.4, -0.2) is 28.2 Å². The Kier molecular flexibility index (Phi) is 5.96. The zero-order valence-corrected chi connectivity index (χ0v) is 16.2. The van der Waals surface area contributed by atoms with Crippen LogP contribution in [0.15, 0.2) is 54.6 Å². The molecule has 0 aliphatic rings. The first kappa shape index (κ1) is 19.4. The summed E-state index contributed by atoms with van der Waals surface area (Å²) < 4.78 is 6.79. The average Bonchev–Trinajstić information content (AvgIpc) is 3.04. The van der Waals surface area contributed by atoms with Crippen LogP contribution in [0, 0.1) is 0 Å². The number of aromatic nitrogens is 2. The molecule has 0 bridgehead atoms. The number of carbonyl (C=O) groups excluding carboxylic acids is 2. The molecular formula is C20H19ClN4O3. The Hall–Kier alpha value is -3.32. The van der Waals surface area contributed by atoms with Crippen molar-refractivity contribution in [3.05, 3.63) is 70.9 Å². The zero-order valence-electron chi connectivity index (χ0n) is 15.4. The minimum absolute atomic E-state index is 0.172. The van der Waals surface area contributed by atoms with Gasteiger partial charge in [-0.25, -0.2) is 0 Å². The molecule has 8 heteroatoms. The highest BCUT2D eigenvalue weighted by Gasteiger charge is 2.16. The fourth-order valence-electron chi connectivity index (χ4n) is 2.52. The number of ether oxygens (including phenoxy) is 1. The lowest BCUT2D eigenvalue weighted by molar-refractivity contribution is 0.101. The predicted molar refractivity (Wildman–Crippen MR) is 108 cm³/mol. The normalized spacial score (nSPS) is 10.4. The molecule has 0 fully saturated rings. The monoisotopic (exact) mass is 398 g/mol. The Morgan fingerprint density at radius 3 is 2.46 bits per heavy atom. The number of amides is 2. The van der Waals surface area contributed by atoms with Gasteiger partial charge < -0.3 is 15.4 Å². The molecule has 0 unspecified atom stereocenters. The average molecular weight is 399 g/mol. The van der Waals surface area contributed by atoms with Crippen molar-refractivity contribution in [2.24, 2.45) is 7.05 Å². The lowest BCUT2D eigenvalue weighted by Gasteiger charge is -2.06. The molecule has 0 spiro atoms. The third kappa shape index (κ3) is 4.50. The van der Waals surface area contributed by atoms with Crippen LogP contribution in [0.5, 0.6) is 5.75 Å². The number of hydrogen-bond donors (Lipinski definition) is 2. The van der Waals surface area contributed by atoms with Crippen LogP contribution < -0.4 is 15.4 Å². The fraction of sp³-hybridized carbons (Fsp3) is 0.150. The maximum Gasteiger partial charge on any atom is 0.276 e. The van der Waals surface area contributed by atoms with Crippen LogP contribution >= 0.6 is 11.6 Å². The SMILES string of the molecule is CCOc1ccc(NC(=O)c2cc(NC(=O)c3ccccc3Cl)n(C)n2)cc1. The first-order valence-electron chi connectivity index (χ1n) is 8.62. The lowest BCUT2D eigenvalue weighted by atomic mass is 10.2. The third-order valence-corrected chi connectivity index (χ3v) is 4.23. The van der Waals surface area contributed by atoms with E-state index >= 15 is 0 Å². The molecule has 1 heterocycles. The second-order valence-corrected chi connectivity index (χ2v) is 6.29. The van der Waals surface area contributed by atoms with Crippen LogP contribution in [0.4, 0.5) is 11.5 Å². The van der Waals surface area contributed by atoms with Gasteiger partial charge in [-0.15, -0.1) is 0 Å². The molecule has 0 aliphatic heterocycles. The first-order valence-corrected chi connectivity index (χ1v) is 9.00. The minimum Gasteiger partial charge on any atom is -0.494 e. The molecule has 1 aromatic heterocycles. The fourth-order valence-corrected chi connectivity index (χ4v) is 2.74. The summed E-state index contributed by atoms with van der Waals surface area (Å²) in [5.74, 6) is 0.328. The van der Waals surface area contributed by atoms with Crippen LogP contribution in [0.2, 0.25) is 5.02 Å². The summed E-state index contributed by atoms with van der Waals surface area (Å²) in [5.41, 5.74) is 1.12. The molecule has 144 valence electrons. The maximum atomic E-state index is 12.4. The van der Waals surface area contributed by atoms with Crippen molar-refractivity contribution in [2.45, 2.75) is 6.92 Å². The summed E-state index contributed by atoms with van der Waals surface area (Å²) >= 11 is 6.05. The van der Waals surface area contributed by atoms with Crippen LogP contribution in [0.3, 0.4) is 0 Å². The summed E-state index contributed by atoms with van der Waals surface area (Å²) in [7, 11) is 1.63. The van der Waals surface area contributed by atoms with Crippen molar-refractivity contribution >= 4 is 34.9 Å². The maximum absolute atomic E-state index is 12.4. The molecule has 28 heavy (non-hydrogen) atoms. The summed E-state index contributed by atoms with van der Waals surface area (Å²) in [5, 5.41) is 9.96. The number of carbonyl (C=O) groups is 2. The molecule has 0 saturated carbocycles. The van der Waals surface area contributed by atoms with Gasteiger partial charge in [-0.05, 0) is 43.3 Å². The van der Waals surface area contributed by atoms with Gasteiger partial charge in [0.2, 0.25) is 0 Å². The van der Waals surface area contributed by atoms with E-state index in [2.05, 4.69) is 15.7 Å². The Morgan fingerprint density at radius 2 is 1.79 bits per heavy atom. The van der Waals surface area contributed by atoms with Crippen molar-refractivity contribution in [2.75, 3.05) is 17.2 Å². The van der Waals surface area contributed by atoms with Gasteiger partial charge in [-0.3, -0.25) is 14.3 Å². The number of nitrogens with zero attached hydrogens (tertiary/aromatic N) is 2. The van der Waals surface area contributed by atoms with Crippen molar-refractivity contribution in [3.63, 3.8) is 0 Å². The molecule has 2 N–H and O–H groups in total. The Labute approximate surface area is 167 Å². The van der Waals surface area contributed by atoms with Crippen LogP contribution in [-0.2, 0) is 7.05 Å². The van der Waals surface area contributed by atoms with E-state index in [0.717, 1.165) is 5.75 Å². The highest BCUT2D eigenvalue weighted by Crippen LogP contribution is 2.19. The summed E-state index contributed by atoms with van der Waals surface area (Å²) in [6, 6.07) is 15.2. The van der Waals surface area contributed by atoms with Gasteiger partial charge in [0.15, 0.2) is 5.69 Å². The van der Waals surface area contributed by atoms with Gasteiger partial charge in [0, 0.05) is 18.8 Å². The highest BCUT2D eigenvalue weighted by atomic mass is 35.5. The van der Waals surface area contributed by atoms with Gasteiger partial charge in [-0.2, -0.15) is 5.10 Å². The van der Waals surface area contributed by atoms with E-state index in [9.17, 15) is 9.59 Å². The van der Waals surface area contributed by atoms with Gasteiger partial charge in [0.05, 0.1) is 17.2 Å². The van der Waals surface area contributed by atoms with Crippen molar-refractivity contribution in [1.29, 1.82) is 0 Å². The number of halogens is 1.